The number of pyridine rings is 1. The van der Waals surface area contributed by atoms with Crippen molar-refractivity contribution >= 4 is 17.4 Å². The van der Waals surface area contributed by atoms with E-state index in [-0.39, 0.29) is 5.91 Å². The molecule has 4 heteroatoms. The van der Waals surface area contributed by atoms with Crippen LogP contribution in [0.4, 0.5) is 11.5 Å². The number of para-hydroxylation sites is 1. The largest absolute Gasteiger partial charge is 0.370 e. The second kappa shape index (κ2) is 6.19. The van der Waals surface area contributed by atoms with Gasteiger partial charge in [0.25, 0.3) is 5.91 Å². The molecule has 0 fully saturated rings. The third-order valence-electron chi connectivity index (χ3n) is 3.15. The van der Waals surface area contributed by atoms with Crippen molar-refractivity contribution in [3.05, 3.63) is 53.7 Å². The molecule has 0 atom stereocenters. The predicted octanol–water partition coefficient (Wildman–Crippen LogP) is 3.10. The molecule has 0 aliphatic heterocycles. The highest BCUT2D eigenvalue weighted by Crippen LogP contribution is 2.20. The summed E-state index contributed by atoms with van der Waals surface area (Å²) in [4.78, 5) is 18.3. The van der Waals surface area contributed by atoms with Crippen molar-refractivity contribution < 1.29 is 4.79 Å². The molecule has 104 valence electrons. The van der Waals surface area contributed by atoms with E-state index in [0.29, 0.717) is 5.56 Å². The Morgan fingerprint density at radius 1 is 1.25 bits per heavy atom. The normalized spacial score (nSPS) is 10.2. The number of carbonyl (C=O) groups excluding carboxylic acids is 1. The summed E-state index contributed by atoms with van der Waals surface area (Å²) in [5.74, 6) is 0.720. The molecule has 0 radical (unpaired) electrons. The summed E-state index contributed by atoms with van der Waals surface area (Å²) in [7, 11) is 1.78. The van der Waals surface area contributed by atoms with Crippen LogP contribution in [0.3, 0.4) is 0 Å². The third kappa shape index (κ3) is 2.96. The summed E-state index contributed by atoms with van der Waals surface area (Å²) in [6, 6.07) is 11.4. The fourth-order valence-corrected chi connectivity index (χ4v) is 2.05. The monoisotopic (exact) mass is 269 g/mol. The van der Waals surface area contributed by atoms with Gasteiger partial charge >= 0.3 is 0 Å². The maximum absolute atomic E-state index is 12.4. The molecule has 1 heterocycles. The lowest BCUT2D eigenvalue weighted by atomic mass is 10.1. The molecule has 0 aliphatic rings. The molecule has 0 bridgehead atoms. The fraction of sp³-hybridized carbons (Fsp3) is 0.250. The summed E-state index contributed by atoms with van der Waals surface area (Å²) in [5.41, 5.74) is 2.56. The smallest absolute Gasteiger partial charge is 0.259 e. The maximum atomic E-state index is 12.4. The van der Waals surface area contributed by atoms with Crippen molar-refractivity contribution in [1.29, 1.82) is 0 Å². The summed E-state index contributed by atoms with van der Waals surface area (Å²) in [6.07, 6.45) is 1.61. The Labute approximate surface area is 119 Å². The number of nitrogens with zero attached hydrogens (tertiary/aromatic N) is 2. The van der Waals surface area contributed by atoms with Crippen LogP contribution in [-0.4, -0.2) is 24.5 Å². The topological polar surface area (TPSA) is 45.2 Å². The number of aryl methyl sites for hydroxylation is 1. The van der Waals surface area contributed by atoms with E-state index < -0.39 is 0 Å². The first-order valence-electron chi connectivity index (χ1n) is 6.67. The molecule has 1 amide bonds. The number of amides is 1. The Morgan fingerprint density at radius 3 is 2.60 bits per heavy atom. The van der Waals surface area contributed by atoms with Crippen LogP contribution in [0, 0.1) is 6.92 Å². The Morgan fingerprint density at radius 2 is 2.00 bits per heavy atom. The van der Waals surface area contributed by atoms with E-state index in [1.54, 1.807) is 24.2 Å². The minimum absolute atomic E-state index is 0.0603. The minimum Gasteiger partial charge on any atom is -0.370 e. The van der Waals surface area contributed by atoms with Gasteiger partial charge in [-0.05, 0) is 37.6 Å². The molecule has 2 rings (SSSR count). The first-order valence-corrected chi connectivity index (χ1v) is 6.67. The molecule has 1 aromatic carbocycles. The molecule has 4 nitrogen and oxygen atoms in total. The van der Waals surface area contributed by atoms with Crippen LogP contribution in [0.1, 0.15) is 22.8 Å². The molecule has 0 saturated heterocycles. The number of hydrogen-bond acceptors (Lipinski definition) is 3. The highest BCUT2D eigenvalue weighted by molar-refractivity contribution is 6.06. The maximum Gasteiger partial charge on any atom is 0.259 e. The highest BCUT2D eigenvalue weighted by atomic mass is 16.2. The Bertz CT molecular complexity index is 593. The van der Waals surface area contributed by atoms with Gasteiger partial charge in [-0.1, -0.05) is 18.2 Å². The van der Waals surface area contributed by atoms with Crippen LogP contribution in [0.15, 0.2) is 42.6 Å². The van der Waals surface area contributed by atoms with E-state index in [1.165, 1.54) is 0 Å². The van der Waals surface area contributed by atoms with Crippen molar-refractivity contribution in [3.63, 3.8) is 0 Å². The number of nitrogens with one attached hydrogen (secondary N) is 1. The average Bonchev–Trinajstić information content (AvgIpc) is 2.47. The lowest BCUT2D eigenvalue weighted by Gasteiger charge is -2.19. The van der Waals surface area contributed by atoms with E-state index in [1.807, 2.05) is 44.2 Å². The number of aromatic nitrogens is 1. The van der Waals surface area contributed by atoms with Crippen molar-refractivity contribution in [2.24, 2.45) is 0 Å². The standard InChI is InChI=1S/C16H19N3O/c1-4-17-15-10-9-13(11-18-15)16(20)19(3)14-8-6-5-7-12(14)2/h5-11H,4H2,1-3H3,(H,17,18). The van der Waals surface area contributed by atoms with Crippen LogP contribution in [-0.2, 0) is 0 Å². The summed E-state index contributed by atoms with van der Waals surface area (Å²) < 4.78 is 0. The van der Waals surface area contributed by atoms with Crippen LogP contribution in [0.2, 0.25) is 0 Å². The van der Waals surface area contributed by atoms with Gasteiger partial charge in [0.15, 0.2) is 0 Å². The lowest BCUT2D eigenvalue weighted by Crippen LogP contribution is -2.27. The SMILES string of the molecule is CCNc1ccc(C(=O)N(C)c2ccccc2C)cn1. The zero-order chi connectivity index (χ0) is 14.5. The van der Waals surface area contributed by atoms with Crippen molar-refractivity contribution in [1.82, 2.24) is 4.98 Å². The summed E-state index contributed by atoms with van der Waals surface area (Å²) in [5, 5.41) is 3.11. The fourth-order valence-electron chi connectivity index (χ4n) is 2.05. The number of rotatable bonds is 4. The predicted molar refractivity (Wildman–Crippen MR) is 82.3 cm³/mol. The molecule has 1 N–H and O–H groups in total. The zero-order valence-corrected chi connectivity index (χ0v) is 12.1. The highest BCUT2D eigenvalue weighted by Gasteiger charge is 2.15. The van der Waals surface area contributed by atoms with Crippen LogP contribution in [0.25, 0.3) is 0 Å². The molecule has 0 aliphatic carbocycles. The molecular weight excluding hydrogens is 250 g/mol. The van der Waals surface area contributed by atoms with Crippen LogP contribution >= 0.6 is 0 Å². The van der Waals surface area contributed by atoms with Crippen LogP contribution < -0.4 is 10.2 Å². The van der Waals surface area contributed by atoms with Gasteiger partial charge in [-0.25, -0.2) is 4.98 Å². The molecule has 0 saturated carbocycles. The van der Waals surface area contributed by atoms with Crippen molar-refractivity contribution in [3.8, 4) is 0 Å². The van der Waals surface area contributed by atoms with Gasteiger partial charge in [0, 0.05) is 25.5 Å². The first kappa shape index (κ1) is 14.1. The van der Waals surface area contributed by atoms with E-state index in [0.717, 1.165) is 23.6 Å². The summed E-state index contributed by atoms with van der Waals surface area (Å²) >= 11 is 0. The van der Waals surface area contributed by atoms with Gasteiger partial charge in [0.05, 0.1) is 5.56 Å². The first-order chi connectivity index (χ1) is 9.63. The molecular formula is C16H19N3O. The Kier molecular flexibility index (Phi) is 4.35. The number of anilines is 2. The molecule has 20 heavy (non-hydrogen) atoms. The molecule has 0 spiro atoms. The Hall–Kier alpha value is -2.36. The quantitative estimate of drug-likeness (QED) is 0.927. The molecule has 2 aromatic rings. The minimum atomic E-state index is -0.0603. The lowest BCUT2D eigenvalue weighted by molar-refractivity contribution is 0.0992. The van der Waals surface area contributed by atoms with Crippen molar-refractivity contribution in [2.45, 2.75) is 13.8 Å². The zero-order valence-electron chi connectivity index (χ0n) is 12.1. The summed E-state index contributed by atoms with van der Waals surface area (Å²) in [6.45, 7) is 4.81. The van der Waals surface area contributed by atoms with E-state index in [4.69, 9.17) is 0 Å². The van der Waals surface area contributed by atoms with Crippen molar-refractivity contribution in [2.75, 3.05) is 23.8 Å². The molecule has 1 aromatic heterocycles. The van der Waals surface area contributed by atoms with Gasteiger partial charge in [-0.2, -0.15) is 0 Å². The van der Waals surface area contributed by atoms with Gasteiger partial charge in [0.2, 0.25) is 0 Å². The van der Waals surface area contributed by atoms with Gasteiger partial charge < -0.3 is 10.2 Å². The van der Waals surface area contributed by atoms with Gasteiger partial charge in [-0.15, -0.1) is 0 Å². The Balaban J connectivity index is 2.20. The van der Waals surface area contributed by atoms with E-state index in [2.05, 4.69) is 10.3 Å². The molecule has 0 unspecified atom stereocenters. The average molecular weight is 269 g/mol. The van der Waals surface area contributed by atoms with Gasteiger partial charge in [0.1, 0.15) is 5.82 Å². The number of hydrogen-bond donors (Lipinski definition) is 1. The van der Waals surface area contributed by atoms with E-state index >= 15 is 0 Å². The number of carbonyl (C=O) groups is 1. The van der Waals surface area contributed by atoms with Crippen LogP contribution in [0.5, 0.6) is 0 Å². The van der Waals surface area contributed by atoms with E-state index in [9.17, 15) is 4.79 Å². The van der Waals surface area contributed by atoms with Gasteiger partial charge in [-0.3, -0.25) is 4.79 Å². The number of benzene rings is 1. The third-order valence-corrected chi connectivity index (χ3v) is 3.15. The second-order valence-corrected chi connectivity index (χ2v) is 4.61. The second-order valence-electron chi connectivity index (χ2n) is 4.61.